The summed E-state index contributed by atoms with van der Waals surface area (Å²) < 4.78 is 1.91. The van der Waals surface area contributed by atoms with Crippen molar-refractivity contribution in [3.05, 3.63) is 34.9 Å². The van der Waals surface area contributed by atoms with E-state index in [1.165, 1.54) is 5.56 Å². The molecule has 3 nitrogen and oxygen atoms in total. The van der Waals surface area contributed by atoms with Crippen molar-refractivity contribution in [1.82, 2.24) is 9.78 Å². The first kappa shape index (κ1) is 9.73. The number of aromatic nitrogens is 2. The van der Waals surface area contributed by atoms with Gasteiger partial charge in [0, 0.05) is 29.7 Å². The van der Waals surface area contributed by atoms with Crippen LogP contribution in [0.2, 0.25) is 5.02 Å². The highest BCUT2D eigenvalue weighted by atomic mass is 35.5. The van der Waals surface area contributed by atoms with Gasteiger partial charge in [0.1, 0.15) is 5.82 Å². The van der Waals surface area contributed by atoms with Crippen LogP contribution in [0.4, 0.5) is 5.82 Å². The van der Waals surface area contributed by atoms with Gasteiger partial charge < -0.3 is 5.32 Å². The molecule has 0 unspecified atom stereocenters. The molecular weight excluding hydrogens is 222 g/mol. The number of rotatable bonds is 1. The van der Waals surface area contributed by atoms with Crippen molar-refractivity contribution >= 4 is 17.4 Å². The first-order chi connectivity index (χ1) is 7.75. The van der Waals surface area contributed by atoms with Crippen molar-refractivity contribution in [2.45, 2.75) is 6.42 Å². The Morgan fingerprint density at radius 3 is 2.81 bits per heavy atom. The van der Waals surface area contributed by atoms with Gasteiger partial charge in [0.2, 0.25) is 0 Å². The van der Waals surface area contributed by atoms with E-state index in [1.807, 2.05) is 36.0 Å². The van der Waals surface area contributed by atoms with Gasteiger partial charge in [-0.15, -0.1) is 0 Å². The monoisotopic (exact) mass is 233 g/mol. The van der Waals surface area contributed by atoms with E-state index >= 15 is 0 Å². The number of nitrogens with zero attached hydrogens (tertiary/aromatic N) is 2. The van der Waals surface area contributed by atoms with E-state index in [0.717, 1.165) is 35.1 Å². The highest BCUT2D eigenvalue weighted by Crippen LogP contribution is 2.32. The molecule has 2 heterocycles. The zero-order valence-electron chi connectivity index (χ0n) is 9.00. The molecular formula is C12H12ClN3. The molecule has 0 radical (unpaired) electrons. The molecule has 0 saturated carbocycles. The summed E-state index contributed by atoms with van der Waals surface area (Å²) >= 11 is 5.88. The Bertz CT molecular complexity index is 528. The lowest BCUT2D eigenvalue weighted by Gasteiger charge is -1.99. The third-order valence-corrected chi connectivity index (χ3v) is 3.18. The molecule has 82 valence electrons. The van der Waals surface area contributed by atoms with E-state index in [-0.39, 0.29) is 0 Å². The van der Waals surface area contributed by atoms with Gasteiger partial charge in [-0.05, 0) is 18.6 Å². The fourth-order valence-electron chi connectivity index (χ4n) is 2.17. The Kier molecular flexibility index (Phi) is 2.14. The minimum Gasteiger partial charge on any atom is -0.370 e. The molecule has 0 atom stereocenters. The summed E-state index contributed by atoms with van der Waals surface area (Å²) in [6.07, 6.45) is 1.04. The first-order valence-electron chi connectivity index (χ1n) is 5.31. The first-order valence-corrected chi connectivity index (χ1v) is 5.69. The molecule has 0 saturated heterocycles. The zero-order chi connectivity index (χ0) is 11.1. The van der Waals surface area contributed by atoms with Gasteiger partial charge in [-0.1, -0.05) is 23.7 Å². The second-order valence-corrected chi connectivity index (χ2v) is 4.42. The molecule has 4 heteroatoms. The van der Waals surface area contributed by atoms with Crippen LogP contribution in [0.25, 0.3) is 11.3 Å². The zero-order valence-corrected chi connectivity index (χ0v) is 9.75. The van der Waals surface area contributed by atoms with Crippen LogP contribution >= 0.6 is 11.6 Å². The molecule has 1 aliphatic rings. The number of benzene rings is 1. The second kappa shape index (κ2) is 3.52. The molecule has 0 amide bonds. The predicted octanol–water partition coefficient (Wildman–Crippen LogP) is 2.71. The van der Waals surface area contributed by atoms with Gasteiger partial charge in [0.25, 0.3) is 0 Å². The molecule has 1 aromatic heterocycles. The van der Waals surface area contributed by atoms with Crippen LogP contribution in [0.3, 0.4) is 0 Å². The van der Waals surface area contributed by atoms with Crippen molar-refractivity contribution in [1.29, 1.82) is 0 Å². The molecule has 0 bridgehead atoms. The van der Waals surface area contributed by atoms with Crippen molar-refractivity contribution in [2.75, 3.05) is 11.9 Å². The highest BCUT2D eigenvalue weighted by Gasteiger charge is 2.21. The van der Waals surface area contributed by atoms with Gasteiger partial charge in [-0.25, -0.2) is 0 Å². The lowest BCUT2D eigenvalue weighted by molar-refractivity contribution is 0.775. The molecule has 2 aromatic rings. The minimum atomic E-state index is 0.759. The molecule has 1 N–H and O–H groups in total. The molecule has 1 aromatic carbocycles. The van der Waals surface area contributed by atoms with E-state index in [9.17, 15) is 0 Å². The summed E-state index contributed by atoms with van der Waals surface area (Å²) in [5, 5.41) is 8.65. The Labute approximate surface area is 99.0 Å². The van der Waals surface area contributed by atoms with E-state index < -0.39 is 0 Å². The highest BCUT2D eigenvalue weighted by molar-refractivity contribution is 6.30. The summed E-state index contributed by atoms with van der Waals surface area (Å²) in [5.74, 6) is 1.14. The number of hydrogen-bond donors (Lipinski definition) is 1. The summed E-state index contributed by atoms with van der Waals surface area (Å²) in [6.45, 7) is 1.00. The third-order valence-electron chi connectivity index (χ3n) is 2.93. The van der Waals surface area contributed by atoms with Gasteiger partial charge >= 0.3 is 0 Å². The van der Waals surface area contributed by atoms with E-state index in [1.54, 1.807) is 0 Å². The van der Waals surface area contributed by atoms with Gasteiger partial charge in [-0.2, -0.15) is 5.10 Å². The molecule has 16 heavy (non-hydrogen) atoms. The maximum atomic E-state index is 5.88. The van der Waals surface area contributed by atoms with Crippen LogP contribution in [0, 0.1) is 0 Å². The minimum absolute atomic E-state index is 0.759. The molecule has 0 aliphatic carbocycles. The second-order valence-electron chi connectivity index (χ2n) is 3.98. The van der Waals surface area contributed by atoms with Gasteiger partial charge in [0.05, 0.1) is 5.69 Å². The normalized spacial score (nSPS) is 13.6. The average molecular weight is 234 g/mol. The molecule has 1 aliphatic heterocycles. The Balaban J connectivity index is 2.13. The lowest BCUT2D eigenvalue weighted by atomic mass is 10.1. The Morgan fingerprint density at radius 2 is 2.06 bits per heavy atom. The molecule has 3 rings (SSSR count). The standard InChI is InChI=1S/C12H12ClN3/c1-16-12-10(6-7-14-12)11(15-16)8-2-4-9(13)5-3-8/h2-5,14H,6-7H2,1H3. The van der Waals surface area contributed by atoms with E-state index in [0.29, 0.717) is 0 Å². The van der Waals surface area contributed by atoms with Gasteiger partial charge in [-0.3, -0.25) is 4.68 Å². The van der Waals surface area contributed by atoms with E-state index in [2.05, 4.69) is 10.4 Å². The largest absolute Gasteiger partial charge is 0.370 e. The van der Waals surface area contributed by atoms with Crippen LogP contribution in [-0.4, -0.2) is 16.3 Å². The summed E-state index contributed by atoms with van der Waals surface area (Å²) in [6, 6.07) is 7.84. The van der Waals surface area contributed by atoms with Crippen molar-refractivity contribution in [2.24, 2.45) is 7.05 Å². The van der Waals surface area contributed by atoms with Gasteiger partial charge in [0.15, 0.2) is 0 Å². The Hall–Kier alpha value is -1.48. The number of anilines is 1. The van der Waals surface area contributed by atoms with Crippen molar-refractivity contribution in [3.63, 3.8) is 0 Å². The van der Waals surface area contributed by atoms with Crippen molar-refractivity contribution < 1.29 is 0 Å². The summed E-state index contributed by atoms with van der Waals surface area (Å²) in [4.78, 5) is 0. The molecule has 0 spiro atoms. The maximum absolute atomic E-state index is 5.88. The number of fused-ring (bicyclic) bond motifs is 1. The fraction of sp³-hybridized carbons (Fsp3) is 0.250. The topological polar surface area (TPSA) is 29.9 Å². The SMILES string of the molecule is Cn1nc(-c2ccc(Cl)cc2)c2c1NCC2. The van der Waals surface area contributed by atoms with Crippen LogP contribution in [0.5, 0.6) is 0 Å². The molecule has 0 fully saturated rings. The number of aryl methyl sites for hydroxylation is 1. The maximum Gasteiger partial charge on any atom is 0.127 e. The average Bonchev–Trinajstić information content (AvgIpc) is 2.84. The van der Waals surface area contributed by atoms with Crippen LogP contribution in [0.1, 0.15) is 5.56 Å². The third kappa shape index (κ3) is 1.39. The number of nitrogens with one attached hydrogen (secondary N) is 1. The fourth-order valence-corrected chi connectivity index (χ4v) is 2.30. The smallest absolute Gasteiger partial charge is 0.127 e. The summed E-state index contributed by atoms with van der Waals surface area (Å²) in [5.41, 5.74) is 3.51. The van der Waals surface area contributed by atoms with Crippen LogP contribution in [-0.2, 0) is 13.5 Å². The quantitative estimate of drug-likeness (QED) is 0.821. The number of hydrogen-bond acceptors (Lipinski definition) is 2. The Morgan fingerprint density at radius 1 is 1.31 bits per heavy atom. The van der Waals surface area contributed by atoms with Crippen molar-refractivity contribution in [3.8, 4) is 11.3 Å². The van der Waals surface area contributed by atoms with E-state index in [4.69, 9.17) is 11.6 Å². The van der Waals surface area contributed by atoms with Crippen LogP contribution in [0.15, 0.2) is 24.3 Å². The van der Waals surface area contributed by atoms with Crippen LogP contribution < -0.4 is 5.32 Å². The lowest BCUT2D eigenvalue weighted by Crippen LogP contribution is -2.01. The summed E-state index contributed by atoms with van der Waals surface area (Å²) in [7, 11) is 1.97. The predicted molar refractivity (Wildman–Crippen MR) is 65.8 cm³/mol. The number of halogens is 1.